The summed E-state index contributed by atoms with van der Waals surface area (Å²) in [6.45, 7) is 12.0. The first-order valence-corrected chi connectivity index (χ1v) is 7.19. The molecule has 0 aliphatic carbocycles. The highest BCUT2D eigenvalue weighted by Gasteiger charge is 2.18. The van der Waals surface area contributed by atoms with Crippen LogP contribution in [-0.4, -0.2) is 70.6 Å². The highest BCUT2D eigenvalue weighted by molar-refractivity contribution is 4.91. The van der Waals surface area contributed by atoms with Crippen molar-refractivity contribution in [2.45, 2.75) is 33.0 Å². The first-order valence-electron chi connectivity index (χ1n) is 7.19. The number of nitrogens with zero attached hydrogens (tertiary/aromatic N) is 5. The summed E-state index contributed by atoms with van der Waals surface area (Å²) in [5, 5.41) is 11.4. The Morgan fingerprint density at radius 3 is 2.58 bits per heavy atom. The molecule has 6 nitrogen and oxygen atoms in total. The van der Waals surface area contributed by atoms with Crippen molar-refractivity contribution in [1.82, 2.24) is 30.1 Å². The van der Waals surface area contributed by atoms with Crippen LogP contribution in [0.5, 0.6) is 0 Å². The van der Waals surface area contributed by atoms with Gasteiger partial charge in [0.2, 0.25) is 0 Å². The molecular formula is C13H26N6. The smallest absolute Gasteiger partial charge is 0.0964 e. The highest BCUT2D eigenvalue weighted by atomic mass is 15.4. The molecule has 0 radical (unpaired) electrons. The van der Waals surface area contributed by atoms with Gasteiger partial charge >= 0.3 is 0 Å². The minimum absolute atomic E-state index is 0.668. The predicted octanol–water partition coefficient (Wildman–Crippen LogP) is 0.0235. The maximum absolute atomic E-state index is 4.15. The van der Waals surface area contributed by atoms with Crippen molar-refractivity contribution in [2.24, 2.45) is 0 Å². The molecule has 0 bridgehead atoms. The summed E-state index contributed by atoms with van der Waals surface area (Å²) < 4.78 is 1.95. The van der Waals surface area contributed by atoms with E-state index in [9.17, 15) is 0 Å². The van der Waals surface area contributed by atoms with Crippen molar-refractivity contribution < 1.29 is 0 Å². The van der Waals surface area contributed by atoms with Crippen LogP contribution in [0.4, 0.5) is 0 Å². The maximum Gasteiger partial charge on any atom is 0.0964 e. The highest BCUT2D eigenvalue weighted by Crippen LogP contribution is 2.05. The normalized spacial score (nSPS) is 18.3. The molecule has 6 heteroatoms. The van der Waals surface area contributed by atoms with E-state index in [1.165, 1.54) is 13.1 Å². The molecule has 0 saturated carbocycles. The molecule has 1 N–H and O–H groups in total. The number of rotatable bonds is 6. The van der Waals surface area contributed by atoms with Crippen LogP contribution in [0.2, 0.25) is 0 Å². The molecule has 0 atom stereocenters. The third kappa shape index (κ3) is 4.26. The third-order valence-corrected chi connectivity index (χ3v) is 3.73. The van der Waals surface area contributed by atoms with E-state index in [4.69, 9.17) is 0 Å². The molecule has 2 rings (SSSR count). The van der Waals surface area contributed by atoms with Gasteiger partial charge < -0.3 is 5.32 Å². The Bertz CT molecular complexity index is 367. The Hall–Kier alpha value is -0.980. The maximum atomic E-state index is 4.15. The van der Waals surface area contributed by atoms with E-state index >= 15 is 0 Å². The Morgan fingerprint density at radius 2 is 1.95 bits per heavy atom. The second-order valence-corrected chi connectivity index (χ2v) is 5.47. The molecule has 1 aliphatic heterocycles. The number of hydrogen-bond acceptors (Lipinski definition) is 5. The molecular weight excluding hydrogens is 240 g/mol. The van der Waals surface area contributed by atoms with Crippen molar-refractivity contribution in [3.05, 3.63) is 11.9 Å². The van der Waals surface area contributed by atoms with Crippen LogP contribution in [0.1, 0.15) is 19.5 Å². The van der Waals surface area contributed by atoms with Crippen LogP contribution in [-0.2, 0) is 13.1 Å². The van der Waals surface area contributed by atoms with Gasteiger partial charge in [-0.25, -0.2) is 0 Å². The van der Waals surface area contributed by atoms with Crippen LogP contribution < -0.4 is 5.32 Å². The van der Waals surface area contributed by atoms with Gasteiger partial charge in [0.15, 0.2) is 0 Å². The Labute approximate surface area is 115 Å². The summed E-state index contributed by atoms with van der Waals surface area (Å²) in [5.74, 6) is 0. The van der Waals surface area contributed by atoms with Crippen molar-refractivity contribution in [1.29, 1.82) is 0 Å². The van der Waals surface area contributed by atoms with Crippen molar-refractivity contribution in [3.8, 4) is 0 Å². The lowest BCUT2D eigenvalue weighted by Crippen LogP contribution is -2.49. The average molecular weight is 266 g/mol. The molecule has 1 aromatic rings. The lowest BCUT2D eigenvalue weighted by atomic mass is 10.2. The SMILES string of the molecule is CNCc1cn(CCN2CCN(C(C)C)CC2)nn1. The molecule has 0 unspecified atom stereocenters. The Kier molecular flexibility index (Phi) is 5.30. The second kappa shape index (κ2) is 6.98. The first kappa shape index (κ1) is 14.4. The minimum Gasteiger partial charge on any atom is -0.314 e. The van der Waals surface area contributed by atoms with E-state index in [1.54, 1.807) is 0 Å². The van der Waals surface area contributed by atoms with E-state index in [0.717, 1.165) is 38.4 Å². The topological polar surface area (TPSA) is 49.2 Å². The van der Waals surface area contributed by atoms with E-state index < -0.39 is 0 Å². The Morgan fingerprint density at radius 1 is 1.21 bits per heavy atom. The zero-order chi connectivity index (χ0) is 13.7. The lowest BCUT2D eigenvalue weighted by molar-refractivity contribution is 0.105. The standard InChI is InChI=1S/C13H26N6/c1-12(2)18-7-4-17(5-8-18)6-9-19-11-13(10-14-3)15-16-19/h11-12,14H,4-10H2,1-3H3. The van der Waals surface area contributed by atoms with Crippen molar-refractivity contribution in [2.75, 3.05) is 39.8 Å². The predicted molar refractivity (Wildman–Crippen MR) is 75.9 cm³/mol. The monoisotopic (exact) mass is 266 g/mol. The molecule has 0 spiro atoms. The van der Waals surface area contributed by atoms with E-state index in [1.807, 2.05) is 17.9 Å². The third-order valence-electron chi connectivity index (χ3n) is 3.73. The summed E-state index contributed by atoms with van der Waals surface area (Å²) in [6, 6.07) is 0.668. The number of aromatic nitrogens is 3. The number of hydrogen-bond donors (Lipinski definition) is 1. The number of nitrogens with one attached hydrogen (secondary N) is 1. The van der Waals surface area contributed by atoms with Crippen molar-refractivity contribution >= 4 is 0 Å². The molecule has 1 aromatic heterocycles. The van der Waals surface area contributed by atoms with Gasteiger partial charge in [0.25, 0.3) is 0 Å². The van der Waals surface area contributed by atoms with Gasteiger partial charge in [-0.2, -0.15) is 0 Å². The molecule has 1 fully saturated rings. The van der Waals surface area contributed by atoms with Crippen LogP contribution in [0, 0.1) is 0 Å². The summed E-state index contributed by atoms with van der Waals surface area (Å²) in [7, 11) is 1.92. The van der Waals surface area contributed by atoms with E-state index in [-0.39, 0.29) is 0 Å². The molecule has 0 amide bonds. The first-order chi connectivity index (χ1) is 9.19. The Balaban J connectivity index is 1.71. The fraction of sp³-hybridized carbons (Fsp3) is 0.846. The van der Waals surface area contributed by atoms with E-state index in [2.05, 4.69) is 39.3 Å². The molecule has 1 aliphatic rings. The minimum atomic E-state index is 0.668. The largest absolute Gasteiger partial charge is 0.314 e. The summed E-state index contributed by atoms with van der Waals surface area (Å²) in [6.07, 6.45) is 2.03. The van der Waals surface area contributed by atoms with Gasteiger partial charge in [0, 0.05) is 51.5 Å². The van der Waals surface area contributed by atoms with Crippen molar-refractivity contribution in [3.63, 3.8) is 0 Å². The van der Waals surface area contributed by atoms with Crippen LogP contribution >= 0.6 is 0 Å². The summed E-state index contributed by atoms with van der Waals surface area (Å²) in [4.78, 5) is 5.05. The van der Waals surface area contributed by atoms with E-state index in [0.29, 0.717) is 6.04 Å². The number of piperazine rings is 1. The zero-order valence-corrected chi connectivity index (χ0v) is 12.3. The van der Waals surface area contributed by atoms with Gasteiger partial charge in [0.1, 0.15) is 0 Å². The van der Waals surface area contributed by atoms with Crippen LogP contribution in [0.15, 0.2) is 6.20 Å². The summed E-state index contributed by atoms with van der Waals surface area (Å²) >= 11 is 0. The van der Waals surface area contributed by atoms with Crippen LogP contribution in [0.25, 0.3) is 0 Å². The second-order valence-electron chi connectivity index (χ2n) is 5.47. The fourth-order valence-electron chi connectivity index (χ4n) is 2.46. The van der Waals surface area contributed by atoms with Gasteiger partial charge in [-0.3, -0.25) is 14.5 Å². The molecule has 19 heavy (non-hydrogen) atoms. The molecule has 0 aromatic carbocycles. The molecule has 1 saturated heterocycles. The fourth-order valence-corrected chi connectivity index (χ4v) is 2.46. The van der Waals surface area contributed by atoms with Gasteiger partial charge in [0.05, 0.1) is 12.2 Å². The zero-order valence-electron chi connectivity index (χ0n) is 12.3. The van der Waals surface area contributed by atoms with Gasteiger partial charge in [-0.05, 0) is 20.9 Å². The molecule has 2 heterocycles. The quantitative estimate of drug-likeness (QED) is 0.787. The van der Waals surface area contributed by atoms with Crippen LogP contribution in [0.3, 0.4) is 0 Å². The van der Waals surface area contributed by atoms with Gasteiger partial charge in [-0.15, -0.1) is 5.10 Å². The van der Waals surface area contributed by atoms with Gasteiger partial charge in [-0.1, -0.05) is 5.21 Å². The average Bonchev–Trinajstić information content (AvgIpc) is 2.85. The lowest BCUT2D eigenvalue weighted by Gasteiger charge is -2.36. The summed E-state index contributed by atoms with van der Waals surface area (Å²) in [5.41, 5.74) is 1.01. The molecule has 108 valence electrons.